The highest BCUT2D eigenvalue weighted by Gasteiger charge is 2.63. The Bertz CT molecular complexity index is 786. The van der Waals surface area contributed by atoms with E-state index in [1.807, 2.05) is 13.8 Å². The van der Waals surface area contributed by atoms with Gasteiger partial charge in [0.25, 0.3) is 0 Å². The third kappa shape index (κ3) is 4.85. The fourth-order valence-corrected chi connectivity index (χ4v) is 10.3. The Hall–Kier alpha value is -0.590. The molecule has 1 heteroatoms. The minimum absolute atomic E-state index is 0.182. The summed E-state index contributed by atoms with van der Waals surface area (Å²) in [6.45, 7) is 25.4. The summed E-state index contributed by atoms with van der Waals surface area (Å²) in [6, 6.07) is 0. The lowest BCUT2D eigenvalue weighted by Gasteiger charge is -2.66. The van der Waals surface area contributed by atoms with E-state index in [1.165, 1.54) is 63.4 Å². The van der Waals surface area contributed by atoms with Gasteiger partial charge in [0.2, 0.25) is 0 Å². The average Bonchev–Trinajstić information content (AvgIpc) is 3.04. The molecule has 0 aromatic carbocycles. The van der Waals surface area contributed by atoms with Gasteiger partial charge in [-0.2, -0.15) is 0 Å². The van der Waals surface area contributed by atoms with Crippen molar-refractivity contribution in [3.05, 3.63) is 11.1 Å². The highest BCUT2D eigenvalue weighted by Crippen LogP contribution is 2.71. The summed E-state index contributed by atoms with van der Waals surface area (Å²) < 4.78 is 0. The van der Waals surface area contributed by atoms with Gasteiger partial charge in [0, 0.05) is 6.42 Å². The SMILES string of the molecule is CC.CC(C)C.CC(C)C1=C2C3CCC4C5(C)CCCC(C)C5CCC4(C)C3CCC2(C)CC1=O. The fraction of sp³-hybridized carbons (Fsp3) is 0.912. The average molecular weight is 485 g/mol. The normalized spacial score (nSPS) is 44.4. The lowest BCUT2D eigenvalue weighted by molar-refractivity contribution is -0.161. The maximum absolute atomic E-state index is 13.0. The van der Waals surface area contributed by atoms with Crippen LogP contribution < -0.4 is 0 Å². The number of Topliss-reactive ketones (excluding diaryl/α,β-unsaturated/α-hetero) is 1. The van der Waals surface area contributed by atoms with Crippen molar-refractivity contribution >= 4 is 5.78 Å². The fourth-order valence-electron chi connectivity index (χ4n) is 10.3. The van der Waals surface area contributed by atoms with Crippen LogP contribution in [-0.4, -0.2) is 5.78 Å². The zero-order chi connectivity index (χ0) is 26.3. The number of rotatable bonds is 1. The van der Waals surface area contributed by atoms with Crippen LogP contribution in [0.1, 0.15) is 140 Å². The molecule has 0 N–H and O–H groups in total. The summed E-state index contributed by atoms with van der Waals surface area (Å²) in [7, 11) is 0. The van der Waals surface area contributed by atoms with Gasteiger partial charge < -0.3 is 0 Å². The lowest BCUT2D eigenvalue weighted by atomic mass is 9.38. The molecular weight excluding hydrogens is 424 g/mol. The van der Waals surface area contributed by atoms with Crippen molar-refractivity contribution in [3.63, 3.8) is 0 Å². The largest absolute Gasteiger partial charge is 0.295 e. The standard InChI is InChI=1S/C28H44O.C4H10.C2H6/c1-17(2)24-22(29)16-26(4)14-11-21-19(25(24)26)9-10-23-27(5)13-7-8-18(3)20(27)12-15-28(21,23)6;1-4(2)3;1-2/h17-21,23H,7-16H2,1-6H3;4H,1-3H3;1-2H3. The molecule has 0 aromatic rings. The van der Waals surface area contributed by atoms with Crippen LogP contribution in [0.4, 0.5) is 0 Å². The van der Waals surface area contributed by atoms with Crippen molar-refractivity contribution < 1.29 is 4.79 Å². The minimum atomic E-state index is 0.182. The second-order valence-electron chi connectivity index (χ2n) is 14.8. The lowest BCUT2D eigenvalue weighted by Crippen LogP contribution is -2.59. The van der Waals surface area contributed by atoms with Crippen LogP contribution in [0.15, 0.2) is 11.1 Å². The second-order valence-corrected chi connectivity index (χ2v) is 14.8. The molecule has 5 aliphatic carbocycles. The first kappa shape index (κ1) is 29.0. The Balaban J connectivity index is 0.000000521. The third-order valence-corrected chi connectivity index (χ3v) is 11.3. The van der Waals surface area contributed by atoms with E-state index in [4.69, 9.17) is 0 Å². The van der Waals surface area contributed by atoms with Crippen LogP contribution in [0, 0.1) is 57.7 Å². The van der Waals surface area contributed by atoms with Gasteiger partial charge in [0.05, 0.1) is 0 Å². The number of fused-ring (bicyclic) bond motifs is 7. The first-order valence-electron chi connectivity index (χ1n) is 15.6. The summed E-state index contributed by atoms with van der Waals surface area (Å²) in [6.07, 6.45) is 13.5. The topological polar surface area (TPSA) is 17.1 Å². The van der Waals surface area contributed by atoms with Crippen LogP contribution in [0.3, 0.4) is 0 Å². The van der Waals surface area contributed by atoms with Gasteiger partial charge in [-0.25, -0.2) is 0 Å². The van der Waals surface area contributed by atoms with Crippen LogP contribution in [0.5, 0.6) is 0 Å². The van der Waals surface area contributed by atoms with E-state index in [1.54, 1.807) is 5.57 Å². The predicted octanol–water partition coefficient (Wildman–Crippen LogP) is 10.3. The van der Waals surface area contributed by atoms with E-state index in [2.05, 4.69) is 62.3 Å². The Morgan fingerprint density at radius 3 is 1.94 bits per heavy atom. The number of carbonyl (C=O) groups is 1. The van der Waals surface area contributed by atoms with Crippen molar-refractivity contribution in [1.82, 2.24) is 0 Å². The van der Waals surface area contributed by atoms with Crippen molar-refractivity contribution in [2.45, 2.75) is 140 Å². The molecule has 8 atom stereocenters. The molecule has 1 nitrogen and oxygen atoms in total. The van der Waals surface area contributed by atoms with Crippen LogP contribution in [0.2, 0.25) is 0 Å². The molecule has 0 aliphatic heterocycles. The van der Waals surface area contributed by atoms with Crippen LogP contribution >= 0.6 is 0 Å². The minimum Gasteiger partial charge on any atom is -0.295 e. The number of hydrogen-bond acceptors (Lipinski definition) is 1. The van der Waals surface area contributed by atoms with Crippen molar-refractivity contribution in [3.8, 4) is 0 Å². The molecule has 0 bridgehead atoms. The Labute approximate surface area is 219 Å². The van der Waals surface area contributed by atoms with Crippen LogP contribution in [0.25, 0.3) is 0 Å². The molecule has 0 spiro atoms. The van der Waals surface area contributed by atoms with Gasteiger partial charge in [-0.15, -0.1) is 0 Å². The van der Waals surface area contributed by atoms with Crippen molar-refractivity contribution in [2.75, 3.05) is 0 Å². The van der Waals surface area contributed by atoms with Gasteiger partial charge >= 0.3 is 0 Å². The Morgan fingerprint density at radius 2 is 1.34 bits per heavy atom. The molecule has 202 valence electrons. The molecule has 4 fully saturated rings. The molecule has 0 amide bonds. The molecule has 35 heavy (non-hydrogen) atoms. The molecule has 5 aliphatic rings. The van der Waals surface area contributed by atoms with Crippen LogP contribution in [-0.2, 0) is 4.79 Å². The van der Waals surface area contributed by atoms with E-state index in [9.17, 15) is 4.79 Å². The zero-order valence-electron chi connectivity index (χ0n) is 25.5. The molecule has 8 unspecified atom stereocenters. The summed E-state index contributed by atoms with van der Waals surface area (Å²) in [4.78, 5) is 13.0. The number of carbonyl (C=O) groups excluding carboxylic acids is 1. The molecule has 0 saturated heterocycles. The van der Waals surface area contributed by atoms with E-state index in [0.29, 0.717) is 28.4 Å². The number of hydrogen-bond donors (Lipinski definition) is 0. The molecule has 4 saturated carbocycles. The van der Waals surface area contributed by atoms with Crippen molar-refractivity contribution in [2.24, 2.45) is 57.7 Å². The Kier molecular flexibility index (Phi) is 8.81. The van der Waals surface area contributed by atoms with E-state index in [0.717, 1.165) is 36.0 Å². The maximum atomic E-state index is 13.0. The van der Waals surface area contributed by atoms with Gasteiger partial charge in [0.1, 0.15) is 0 Å². The van der Waals surface area contributed by atoms with E-state index in [-0.39, 0.29) is 5.41 Å². The molecule has 0 heterocycles. The maximum Gasteiger partial charge on any atom is 0.159 e. The summed E-state index contributed by atoms with van der Waals surface area (Å²) in [5, 5.41) is 0. The smallest absolute Gasteiger partial charge is 0.159 e. The Morgan fingerprint density at radius 1 is 0.771 bits per heavy atom. The molecule has 5 rings (SSSR count). The summed E-state index contributed by atoms with van der Waals surface area (Å²) in [5.74, 6) is 6.02. The molecular formula is C34H60O. The number of allylic oxidation sites excluding steroid dienone is 2. The number of ketones is 1. The zero-order valence-corrected chi connectivity index (χ0v) is 25.5. The second kappa shape index (κ2) is 10.6. The van der Waals surface area contributed by atoms with E-state index >= 15 is 0 Å². The predicted molar refractivity (Wildman–Crippen MR) is 152 cm³/mol. The highest BCUT2D eigenvalue weighted by atomic mass is 16.1. The van der Waals surface area contributed by atoms with Crippen molar-refractivity contribution in [1.29, 1.82) is 0 Å². The molecule has 0 aromatic heterocycles. The highest BCUT2D eigenvalue weighted by molar-refractivity contribution is 6.00. The summed E-state index contributed by atoms with van der Waals surface area (Å²) in [5.41, 5.74) is 4.15. The third-order valence-electron chi connectivity index (χ3n) is 11.3. The summed E-state index contributed by atoms with van der Waals surface area (Å²) >= 11 is 0. The first-order chi connectivity index (χ1) is 16.3. The van der Waals surface area contributed by atoms with Gasteiger partial charge in [0.15, 0.2) is 5.78 Å². The molecule has 0 radical (unpaired) electrons. The van der Waals surface area contributed by atoms with Gasteiger partial charge in [-0.05, 0) is 108 Å². The monoisotopic (exact) mass is 484 g/mol. The quantitative estimate of drug-likeness (QED) is 0.362. The van der Waals surface area contributed by atoms with Gasteiger partial charge in [-0.1, -0.05) is 94.6 Å². The van der Waals surface area contributed by atoms with E-state index < -0.39 is 0 Å². The van der Waals surface area contributed by atoms with Gasteiger partial charge in [-0.3, -0.25) is 4.79 Å². The first-order valence-corrected chi connectivity index (χ1v) is 15.6.